The van der Waals surface area contributed by atoms with Gasteiger partial charge in [0.15, 0.2) is 0 Å². The van der Waals surface area contributed by atoms with Crippen molar-refractivity contribution in [1.29, 1.82) is 0 Å². The molecule has 344 valence electrons. The van der Waals surface area contributed by atoms with E-state index in [0.717, 1.165) is 42.0 Å². The molecule has 1 saturated heterocycles. The topological polar surface area (TPSA) is 214 Å². The van der Waals surface area contributed by atoms with Crippen LogP contribution in [0.4, 0.5) is 17.2 Å². The first-order chi connectivity index (χ1) is 29.9. The maximum atomic E-state index is 12.4. The van der Waals surface area contributed by atoms with Gasteiger partial charge in [0.25, 0.3) is 6.47 Å². The lowest BCUT2D eigenvalue weighted by atomic mass is 10.0. The zero-order valence-corrected chi connectivity index (χ0v) is 37.4. The smallest absolute Gasteiger partial charge is 0.290 e. The van der Waals surface area contributed by atoms with Gasteiger partial charge in [-0.1, -0.05) is 70.7 Å². The highest BCUT2D eigenvalue weighted by Gasteiger charge is 2.31. The molecule has 1 unspecified atom stereocenters. The van der Waals surface area contributed by atoms with Crippen molar-refractivity contribution in [3.63, 3.8) is 0 Å². The number of benzene rings is 2. The molecule has 0 radical (unpaired) electrons. The average Bonchev–Trinajstić information content (AvgIpc) is 3.97. The third-order valence-corrected chi connectivity index (χ3v) is 9.94. The summed E-state index contributed by atoms with van der Waals surface area (Å²) in [6, 6.07) is 15.1. The van der Waals surface area contributed by atoms with Gasteiger partial charge in [0.05, 0.1) is 57.0 Å². The van der Waals surface area contributed by atoms with Crippen molar-refractivity contribution in [2.45, 2.75) is 90.6 Å². The van der Waals surface area contributed by atoms with E-state index in [0.29, 0.717) is 76.0 Å². The summed E-state index contributed by atoms with van der Waals surface area (Å²) in [7, 11) is 5.42. The molecule has 0 bridgehead atoms. The lowest BCUT2D eigenvalue weighted by molar-refractivity contribution is -0.134. The number of nitrogens with one attached hydrogen (secondary N) is 4. The number of hydrogen-bond donors (Lipinski definition) is 5. The number of H-pyrrole nitrogens is 1. The zero-order chi connectivity index (χ0) is 45.5. The van der Waals surface area contributed by atoms with E-state index in [9.17, 15) is 19.2 Å². The summed E-state index contributed by atoms with van der Waals surface area (Å²) in [6.45, 7) is 9.35. The summed E-state index contributed by atoms with van der Waals surface area (Å²) in [5.41, 5.74) is 3.25. The Kier molecular flexibility index (Phi) is 26.8. The van der Waals surface area contributed by atoms with E-state index in [1.165, 1.54) is 30.6 Å². The van der Waals surface area contributed by atoms with E-state index >= 15 is 0 Å². The highest BCUT2D eigenvalue weighted by Crippen LogP contribution is 2.32. The molecule has 0 spiro atoms. The lowest BCUT2D eigenvalue weighted by Gasteiger charge is -2.33. The fourth-order valence-electron chi connectivity index (χ4n) is 6.33. The monoisotopic (exact) mass is 868 g/mol. The molecule has 1 aliphatic heterocycles. The summed E-state index contributed by atoms with van der Waals surface area (Å²) in [6.07, 6.45) is 10.7. The SMILES string of the molecule is CC1CCCC1.CN(C=O)c1cc(CCCOCCOCCOCCOc2ccccc2CC(=O)Nc2ccn[nH]2)ccc1N(C)C1CCC(=O)NC1=O.CNC(C)C.O=CO. The maximum absolute atomic E-state index is 12.4. The molecule has 1 aliphatic carbocycles. The molecule has 3 aromatic rings. The van der Waals surface area contributed by atoms with Gasteiger partial charge in [-0.25, -0.2) is 0 Å². The molecule has 1 atom stereocenters. The number of aromatic amines is 1. The summed E-state index contributed by atoms with van der Waals surface area (Å²) in [4.78, 5) is 59.5. The fraction of sp³-hybridized carbons (Fsp3) is 0.556. The molecule has 4 amide bonds. The molecule has 17 nitrogen and oxygen atoms in total. The number of para-hydroxylation sites is 1. The average molecular weight is 868 g/mol. The molecular weight excluding hydrogens is 799 g/mol. The second-order valence-corrected chi connectivity index (χ2v) is 15.1. The zero-order valence-electron chi connectivity index (χ0n) is 37.4. The van der Waals surface area contributed by atoms with Gasteiger partial charge in [0.1, 0.15) is 24.2 Å². The predicted octanol–water partition coefficient (Wildman–Crippen LogP) is 5.00. The minimum absolute atomic E-state index is 0.172. The van der Waals surface area contributed by atoms with E-state index in [1.54, 1.807) is 26.4 Å². The van der Waals surface area contributed by atoms with E-state index in [-0.39, 0.29) is 37.0 Å². The molecule has 5 N–H and O–H groups in total. The van der Waals surface area contributed by atoms with Crippen LogP contribution < -0.4 is 30.5 Å². The number of ether oxygens (including phenoxy) is 4. The fourth-order valence-corrected chi connectivity index (χ4v) is 6.33. The molecular formula is C45H69N7O10. The molecule has 2 aromatic carbocycles. The third-order valence-electron chi connectivity index (χ3n) is 9.94. The number of piperidine rings is 1. The van der Waals surface area contributed by atoms with Gasteiger partial charge in [-0.15, -0.1) is 0 Å². The van der Waals surface area contributed by atoms with Crippen LogP contribution in [0.3, 0.4) is 0 Å². The standard InChI is InChI=1S/C34H44N6O8.C6H12.C4H11N.CH2O2/c1-39(24-41)29-22-25(9-10-27(29)40(2)28-11-12-32(42)37-34(28)44)6-5-15-45-16-17-46-18-19-47-20-21-48-30-8-4-3-7-26(30)23-33(43)36-31-13-14-35-38-31;1-6-4-2-3-5-6;1-4(2)5-3;2-1-3/h3-4,7-10,13-14,22,24,28H,5-6,11-12,15-21,23H2,1-2H3,(H,37,42,44)(H2,35,36,38,43);6H,2-5H2,1H3;4-5H,1-3H3;1H,(H,2,3). The van der Waals surface area contributed by atoms with Crippen molar-refractivity contribution in [2.24, 2.45) is 5.92 Å². The Morgan fingerprint density at radius 1 is 0.919 bits per heavy atom. The van der Waals surface area contributed by atoms with Crippen molar-refractivity contribution >= 4 is 47.8 Å². The van der Waals surface area contributed by atoms with Gasteiger partial charge in [0.2, 0.25) is 24.1 Å². The quantitative estimate of drug-likeness (QED) is 0.0512. The van der Waals surface area contributed by atoms with Gasteiger partial charge < -0.3 is 44.5 Å². The molecule has 1 aromatic heterocycles. The highest BCUT2D eigenvalue weighted by atomic mass is 16.6. The molecule has 2 heterocycles. The minimum atomic E-state index is -0.488. The van der Waals surface area contributed by atoms with Crippen LogP contribution >= 0.6 is 0 Å². The molecule has 17 heteroatoms. The van der Waals surface area contributed by atoms with E-state index in [2.05, 4.69) is 46.9 Å². The summed E-state index contributed by atoms with van der Waals surface area (Å²) in [5.74, 6) is 1.45. The van der Waals surface area contributed by atoms with Crippen molar-refractivity contribution < 1.29 is 48.0 Å². The Hall–Kier alpha value is -5.36. The van der Waals surface area contributed by atoms with Crippen LogP contribution in [0.2, 0.25) is 0 Å². The Labute approximate surface area is 366 Å². The van der Waals surface area contributed by atoms with Crippen LogP contribution in [-0.4, -0.2) is 125 Å². The van der Waals surface area contributed by atoms with Gasteiger partial charge in [-0.3, -0.25) is 34.4 Å². The van der Waals surface area contributed by atoms with E-state index < -0.39 is 6.04 Å². The molecule has 2 aliphatic rings. The largest absolute Gasteiger partial charge is 0.491 e. The first kappa shape index (κ1) is 52.8. The van der Waals surface area contributed by atoms with Crippen LogP contribution in [0.5, 0.6) is 5.75 Å². The number of carbonyl (C=O) groups excluding carboxylic acids is 4. The Morgan fingerprint density at radius 3 is 2.11 bits per heavy atom. The molecule has 5 rings (SSSR count). The number of anilines is 3. The van der Waals surface area contributed by atoms with Gasteiger partial charge >= 0.3 is 0 Å². The number of hydrogen-bond acceptors (Lipinski definition) is 12. The van der Waals surface area contributed by atoms with Gasteiger partial charge in [-0.2, -0.15) is 5.10 Å². The lowest BCUT2D eigenvalue weighted by Crippen LogP contribution is -2.51. The van der Waals surface area contributed by atoms with E-state index in [4.69, 9.17) is 28.8 Å². The van der Waals surface area contributed by atoms with Crippen molar-refractivity contribution in [1.82, 2.24) is 20.8 Å². The number of carbonyl (C=O) groups is 5. The van der Waals surface area contributed by atoms with E-state index in [1.807, 2.05) is 54.4 Å². The van der Waals surface area contributed by atoms with Gasteiger partial charge in [0, 0.05) is 44.8 Å². The Balaban J connectivity index is 0.000000809. The third kappa shape index (κ3) is 21.4. The summed E-state index contributed by atoms with van der Waals surface area (Å²) < 4.78 is 22.7. The number of imide groups is 1. The number of likely N-dealkylation sites (N-methyl/N-ethyl adjacent to an activating group) is 1. The van der Waals surface area contributed by atoms with Crippen LogP contribution in [-0.2, 0) is 51.0 Å². The molecule has 1 saturated carbocycles. The molecule has 62 heavy (non-hydrogen) atoms. The maximum Gasteiger partial charge on any atom is 0.290 e. The number of nitrogens with zero attached hydrogens (tertiary/aromatic N) is 3. The van der Waals surface area contributed by atoms with Crippen LogP contribution in [0.15, 0.2) is 54.7 Å². The summed E-state index contributed by atoms with van der Waals surface area (Å²) >= 11 is 0. The second kappa shape index (κ2) is 31.5. The van der Waals surface area contributed by atoms with Crippen molar-refractivity contribution in [3.05, 3.63) is 65.9 Å². The Bertz CT molecular complexity index is 1720. The normalized spacial score (nSPS) is 14.5. The van der Waals surface area contributed by atoms with Gasteiger partial charge in [-0.05, 0) is 56.0 Å². The van der Waals surface area contributed by atoms with Crippen LogP contribution in [0.25, 0.3) is 0 Å². The van der Waals surface area contributed by atoms with Crippen LogP contribution in [0, 0.1) is 5.92 Å². The Morgan fingerprint density at radius 2 is 1.55 bits per heavy atom. The predicted molar refractivity (Wildman–Crippen MR) is 240 cm³/mol. The number of rotatable bonds is 22. The number of aryl methyl sites for hydroxylation is 1. The van der Waals surface area contributed by atoms with Crippen LogP contribution in [0.1, 0.15) is 76.8 Å². The highest BCUT2D eigenvalue weighted by molar-refractivity contribution is 6.02. The second-order valence-electron chi connectivity index (χ2n) is 15.1. The summed E-state index contributed by atoms with van der Waals surface area (Å²) in [5, 5.41) is 21.6. The molecule has 2 fully saturated rings. The van der Waals surface area contributed by atoms with Crippen molar-refractivity contribution in [3.8, 4) is 5.75 Å². The number of amides is 4. The number of aromatic nitrogens is 2. The first-order valence-corrected chi connectivity index (χ1v) is 21.3. The number of carboxylic acid groups (broad SMARTS) is 1. The first-order valence-electron chi connectivity index (χ1n) is 21.3. The minimum Gasteiger partial charge on any atom is -0.491 e. The van der Waals surface area contributed by atoms with Crippen molar-refractivity contribution in [2.75, 3.05) is 82.5 Å².